The molecule has 0 saturated heterocycles. The Kier molecular flexibility index (Phi) is 7.93. The van der Waals surface area contributed by atoms with Crippen molar-refractivity contribution in [3.63, 3.8) is 0 Å². The van der Waals surface area contributed by atoms with E-state index in [1.165, 1.54) is 0 Å². The number of benzene rings is 1. The average molecular weight is 313 g/mol. The van der Waals surface area contributed by atoms with Gasteiger partial charge in [-0.1, -0.05) is 19.8 Å². The van der Waals surface area contributed by atoms with Crippen LogP contribution in [-0.4, -0.2) is 28.1 Å². The van der Waals surface area contributed by atoms with E-state index in [1.807, 2.05) is 38.1 Å². The van der Waals surface area contributed by atoms with Crippen LogP contribution in [0, 0.1) is 0 Å². The highest BCUT2D eigenvalue weighted by atomic mass is 32.2. The second-order valence-corrected chi connectivity index (χ2v) is 6.97. The quantitative estimate of drug-likeness (QED) is 0.653. The molecule has 0 fully saturated rings. The van der Waals surface area contributed by atoms with E-state index in [0.717, 1.165) is 36.5 Å². The van der Waals surface area contributed by atoms with Gasteiger partial charge in [0.05, 0.1) is 4.90 Å². The Morgan fingerprint density at radius 3 is 2.48 bits per heavy atom. The van der Waals surface area contributed by atoms with Crippen molar-refractivity contribution < 1.29 is 14.1 Å². The average Bonchev–Trinajstić information content (AvgIpc) is 2.43. The lowest BCUT2D eigenvalue weighted by molar-refractivity contribution is 0.0764. The molecule has 4 nitrogen and oxygen atoms in total. The molecule has 1 aromatic carbocycles. The lowest BCUT2D eigenvalue weighted by Crippen LogP contribution is -2.29. The molecule has 0 aromatic heterocycles. The van der Waals surface area contributed by atoms with Crippen LogP contribution in [-0.2, 0) is 11.0 Å². The summed E-state index contributed by atoms with van der Waals surface area (Å²) in [7, 11) is -1.17. The summed E-state index contributed by atoms with van der Waals surface area (Å²) < 4.78 is 20.9. The number of hydrogen-bond acceptors (Lipinski definition) is 3. The molecule has 0 heterocycles. The minimum atomic E-state index is -1.17. The van der Waals surface area contributed by atoms with Gasteiger partial charge in [0.15, 0.2) is 0 Å². The molecule has 0 saturated carbocycles. The maximum atomic E-state index is 12.0. The van der Waals surface area contributed by atoms with Crippen LogP contribution in [0.1, 0.15) is 46.5 Å². The van der Waals surface area contributed by atoms with Crippen LogP contribution in [0.25, 0.3) is 0 Å². The fourth-order valence-corrected chi connectivity index (χ4v) is 2.77. The van der Waals surface area contributed by atoms with Crippen molar-refractivity contribution in [1.82, 2.24) is 4.72 Å². The Bertz CT molecular complexity index is 432. The third kappa shape index (κ3) is 7.07. The molecule has 21 heavy (non-hydrogen) atoms. The summed E-state index contributed by atoms with van der Waals surface area (Å²) in [5.41, 5.74) is -0.409. The number of aliphatic hydroxyl groups is 1. The Hall–Kier alpha value is -0.910. The SMILES string of the molecule is CCCCCNS(=O)c1ccc(OC(C)(C)CCO)cc1. The van der Waals surface area contributed by atoms with E-state index in [-0.39, 0.29) is 6.61 Å². The molecule has 1 atom stereocenters. The highest BCUT2D eigenvalue weighted by Crippen LogP contribution is 2.21. The van der Waals surface area contributed by atoms with Gasteiger partial charge in [0.1, 0.15) is 22.3 Å². The van der Waals surface area contributed by atoms with Crippen LogP contribution >= 0.6 is 0 Å². The molecule has 1 unspecified atom stereocenters. The lowest BCUT2D eigenvalue weighted by atomic mass is 10.1. The highest BCUT2D eigenvalue weighted by Gasteiger charge is 2.19. The fourth-order valence-electron chi connectivity index (χ4n) is 1.89. The molecule has 0 aliphatic rings. The maximum absolute atomic E-state index is 12.0. The number of ether oxygens (including phenoxy) is 1. The minimum absolute atomic E-state index is 0.0940. The summed E-state index contributed by atoms with van der Waals surface area (Å²) in [5.74, 6) is 0.722. The van der Waals surface area contributed by atoms with E-state index < -0.39 is 16.6 Å². The zero-order valence-corrected chi connectivity index (χ0v) is 14.0. The largest absolute Gasteiger partial charge is 0.488 e. The van der Waals surface area contributed by atoms with E-state index in [1.54, 1.807) is 0 Å². The molecular weight excluding hydrogens is 286 g/mol. The van der Waals surface area contributed by atoms with Gasteiger partial charge < -0.3 is 9.84 Å². The minimum Gasteiger partial charge on any atom is -0.488 e. The molecule has 5 heteroatoms. The van der Waals surface area contributed by atoms with E-state index in [9.17, 15) is 4.21 Å². The predicted molar refractivity (Wildman–Crippen MR) is 86.8 cm³/mol. The monoisotopic (exact) mass is 313 g/mol. The second-order valence-electron chi connectivity index (χ2n) is 5.68. The van der Waals surface area contributed by atoms with Gasteiger partial charge in [0, 0.05) is 19.6 Å². The van der Waals surface area contributed by atoms with Gasteiger partial charge in [-0.25, -0.2) is 8.93 Å². The van der Waals surface area contributed by atoms with Gasteiger partial charge >= 0.3 is 0 Å². The van der Waals surface area contributed by atoms with Crippen LogP contribution in [0.4, 0.5) is 0 Å². The van der Waals surface area contributed by atoms with E-state index >= 15 is 0 Å². The number of rotatable bonds is 10. The first kappa shape index (κ1) is 18.1. The van der Waals surface area contributed by atoms with E-state index in [2.05, 4.69) is 11.6 Å². The van der Waals surface area contributed by atoms with Crippen molar-refractivity contribution in [2.45, 2.75) is 57.0 Å². The second kappa shape index (κ2) is 9.18. The Morgan fingerprint density at radius 2 is 1.90 bits per heavy atom. The topological polar surface area (TPSA) is 58.6 Å². The van der Waals surface area contributed by atoms with Gasteiger partial charge in [0.25, 0.3) is 0 Å². The molecule has 0 bridgehead atoms. The number of aliphatic hydroxyl groups excluding tert-OH is 1. The van der Waals surface area contributed by atoms with Crippen LogP contribution in [0.2, 0.25) is 0 Å². The Balaban J connectivity index is 2.51. The summed E-state index contributed by atoms with van der Waals surface area (Å²) in [4.78, 5) is 0.749. The summed E-state index contributed by atoms with van der Waals surface area (Å²) in [6, 6.07) is 7.26. The third-order valence-electron chi connectivity index (χ3n) is 3.16. The fraction of sp³-hybridized carbons (Fsp3) is 0.625. The van der Waals surface area contributed by atoms with E-state index in [0.29, 0.717) is 6.42 Å². The van der Waals surface area contributed by atoms with Crippen LogP contribution < -0.4 is 9.46 Å². The smallest absolute Gasteiger partial charge is 0.124 e. The van der Waals surface area contributed by atoms with Crippen LogP contribution in [0.15, 0.2) is 29.2 Å². The number of nitrogens with one attached hydrogen (secondary N) is 1. The maximum Gasteiger partial charge on any atom is 0.124 e. The Labute approximate surface area is 130 Å². The zero-order valence-electron chi connectivity index (χ0n) is 13.2. The lowest BCUT2D eigenvalue weighted by Gasteiger charge is -2.25. The standard InChI is InChI=1S/C16H27NO3S/c1-4-5-6-12-17-21(19)15-9-7-14(8-10-15)20-16(2,3)11-13-18/h7-10,17-18H,4-6,11-13H2,1-3H3. The molecular formula is C16H27NO3S. The first-order valence-corrected chi connectivity index (χ1v) is 8.68. The summed E-state index contributed by atoms with van der Waals surface area (Å²) in [6.07, 6.45) is 3.92. The van der Waals surface area contributed by atoms with Crippen LogP contribution in [0.3, 0.4) is 0 Å². The van der Waals surface area contributed by atoms with Gasteiger partial charge in [-0.05, 0) is 44.5 Å². The van der Waals surface area contributed by atoms with Gasteiger partial charge in [-0.2, -0.15) is 0 Å². The van der Waals surface area contributed by atoms with Crippen molar-refractivity contribution in [3.8, 4) is 5.75 Å². The summed E-state index contributed by atoms with van der Waals surface area (Å²) >= 11 is 0. The molecule has 0 spiro atoms. The first-order chi connectivity index (χ1) is 9.98. The van der Waals surface area contributed by atoms with Crippen molar-refractivity contribution in [1.29, 1.82) is 0 Å². The summed E-state index contributed by atoms with van der Waals surface area (Å²) in [5, 5.41) is 8.99. The molecule has 1 rings (SSSR count). The molecule has 0 amide bonds. The molecule has 120 valence electrons. The molecule has 1 aromatic rings. The first-order valence-electron chi connectivity index (χ1n) is 7.53. The third-order valence-corrected chi connectivity index (χ3v) is 4.33. The highest BCUT2D eigenvalue weighted by molar-refractivity contribution is 7.83. The molecule has 0 aliphatic heterocycles. The number of hydrogen-bond donors (Lipinski definition) is 2. The van der Waals surface area contributed by atoms with Gasteiger partial charge in [-0.15, -0.1) is 0 Å². The van der Waals surface area contributed by atoms with Crippen molar-refractivity contribution in [2.75, 3.05) is 13.2 Å². The molecule has 0 aliphatic carbocycles. The van der Waals surface area contributed by atoms with Crippen molar-refractivity contribution in [3.05, 3.63) is 24.3 Å². The Morgan fingerprint density at radius 1 is 1.24 bits per heavy atom. The van der Waals surface area contributed by atoms with Gasteiger partial charge in [0.2, 0.25) is 0 Å². The van der Waals surface area contributed by atoms with Crippen molar-refractivity contribution >= 4 is 11.0 Å². The normalized spacial score (nSPS) is 13.1. The van der Waals surface area contributed by atoms with E-state index in [4.69, 9.17) is 9.84 Å². The predicted octanol–water partition coefficient (Wildman–Crippen LogP) is 3.03. The van der Waals surface area contributed by atoms with Crippen molar-refractivity contribution in [2.24, 2.45) is 0 Å². The van der Waals surface area contributed by atoms with Gasteiger partial charge in [-0.3, -0.25) is 0 Å². The van der Waals surface area contributed by atoms with Crippen LogP contribution in [0.5, 0.6) is 5.75 Å². The number of unbranched alkanes of at least 4 members (excludes halogenated alkanes) is 2. The summed E-state index contributed by atoms with van der Waals surface area (Å²) in [6.45, 7) is 6.88. The zero-order chi connectivity index (χ0) is 15.7. The molecule has 0 radical (unpaired) electrons. The molecule has 2 N–H and O–H groups in total.